The van der Waals surface area contributed by atoms with Crippen LogP contribution in [0.4, 0.5) is 10.5 Å². The zero-order chi connectivity index (χ0) is 15.5. The summed E-state index contributed by atoms with van der Waals surface area (Å²) in [6.07, 6.45) is 1.52. The van der Waals surface area contributed by atoms with Crippen molar-refractivity contribution >= 4 is 39.3 Å². The van der Waals surface area contributed by atoms with Crippen molar-refractivity contribution < 1.29 is 9.53 Å². The number of amides is 1. The quantitative estimate of drug-likeness (QED) is 0.717. The summed E-state index contributed by atoms with van der Waals surface area (Å²) in [6, 6.07) is 13.5. The Kier molecular flexibility index (Phi) is 4.69. The van der Waals surface area contributed by atoms with Gasteiger partial charge >= 0.3 is 6.09 Å². The molecule has 0 radical (unpaired) electrons. The summed E-state index contributed by atoms with van der Waals surface area (Å²) in [5.41, 5.74) is 2.91. The molecule has 114 valence electrons. The Bertz CT molecular complexity index is 691. The van der Waals surface area contributed by atoms with E-state index in [9.17, 15) is 4.79 Å². The summed E-state index contributed by atoms with van der Waals surface area (Å²) >= 11 is 9.65. The second-order valence-electron chi connectivity index (χ2n) is 5.16. The van der Waals surface area contributed by atoms with E-state index >= 15 is 0 Å². The van der Waals surface area contributed by atoms with Gasteiger partial charge in [-0.25, -0.2) is 4.79 Å². The van der Waals surface area contributed by atoms with Crippen molar-refractivity contribution in [3.63, 3.8) is 0 Å². The lowest BCUT2D eigenvalue weighted by Crippen LogP contribution is -2.36. The van der Waals surface area contributed by atoms with Gasteiger partial charge in [-0.3, -0.25) is 4.90 Å². The number of hydrogen-bond acceptors (Lipinski definition) is 2. The van der Waals surface area contributed by atoms with E-state index < -0.39 is 0 Å². The van der Waals surface area contributed by atoms with Crippen molar-refractivity contribution in [1.29, 1.82) is 0 Å². The molecule has 0 bridgehead atoms. The van der Waals surface area contributed by atoms with Crippen LogP contribution in [0.15, 0.2) is 46.9 Å². The molecule has 2 aromatic carbocycles. The van der Waals surface area contributed by atoms with Crippen LogP contribution in [0.1, 0.15) is 17.5 Å². The highest BCUT2D eigenvalue weighted by Crippen LogP contribution is 2.39. The van der Waals surface area contributed by atoms with Crippen molar-refractivity contribution in [2.75, 3.05) is 11.4 Å². The smallest absolute Gasteiger partial charge is 0.414 e. The van der Waals surface area contributed by atoms with Gasteiger partial charge in [-0.05, 0) is 46.0 Å². The Morgan fingerprint density at radius 2 is 2.00 bits per heavy atom. The zero-order valence-corrected chi connectivity index (χ0v) is 14.2. The highest BCUT2D eigenvalue weighted by Gasteiger charge is 2.27. The minimum absolute atomic E-state index is 0.268. The maximum atomic E-state index is 12.4. The van der Waals surface area contributed by atoms with Crippen molar-refractivity contribution in [3.05, 3.63) is 63.1 Å². The fourth-order valence-corrected chi connectivity index (χ4v) is 3.35. The third-order valence-corrected chi connectivity index (χ3v) is 5.02. The Hall–Kier alpha value is -1.52. The highest BCUT2D eigenvalue weighted by molar-refractivity contribution is 9.10. The number of fused-ring (bicyclic) bond motifs is 1. The lowest BCUT2D eigenvalue weighted by Gasteiger charge is -2.30. The highest BCUT2D eigenvalue weighted by atomic mass is 79.9. The lowest BCUT2D eigenvalue weighted by molar-refractivity contribution is 0.146. The summed E-state index contributed by atoms with van der Waals surface area (Å²) in [5, 5.41) is 0.599. The molecule has 1 amide bonds. The molecule has 3 nitrogen and oxygen atoms in total. The van der Waals surface area contributed by atoms with Gasteiger partial charge in [0.1, 0.15) is 6.61 Å². The van der Waals surface area contributed by atoms with Gasteiger partial charge < -0.3 is 4.74 Å². The predicted molar refractivity (Wildman–Crippen MR) is 91.4 cm³/mol. The first-order valence-electron chi connectivity index (χ1n) is 7.12. The topological polar surface area (TPSA) is 29.5 Å². The normalized spacial score (nSPS) is 13.6. The first-order chi connectivity index (χ1) is 10.7. The van der Waals surface area contributed by atoms with Gasteiger partial charge in [0.05, 0.1) is 15.2 Å². The molecular weight excluding hydrogens is 366 g/mol. The summed E-state index contributed by atoms with van der Waals surface area (Å²) in [6.45, 7) is 0.906. The van der Waals surface area contributed by atoms with Gasteiger partial charge in [0.15, 0.2) is 0 Å². The monoisotopic (exact) mass is 379 g/mol. The summed E-state index contributed by atoms with van der Waals surface area (Å²) in [4.78, 5) is 14.1. The van der Waals surface area contributed by atoms with Crippen molar-refractivity contribution in [1.82, 2.24) is 0 Å². The van der Waals surface area contributed by atoms with Gasteiger partial charge in [-0.2, -0.15) is 0 Å². The summed E-state index contributed by atoms with van der Waals surface area (Å²) < 4.78 is 6.20. The molecule has 0 spiro atoms. The molecule has 0 atom stereocenters. The average molecular weight is 381 g/mol. The molecule has 0 N–H and O–H groups in total. The molecule has 2 aromatic rings. The van der Waals surface area contributed by atoms with Crippen molar-refractivity contribution in [3.8, 4) is 0 Å². The summed E-state index contributed by atoms with van der Waals surface area (Å²) in [7, 11) is 0. The molecule has 0 fully saturated rings. The van der Waals surface area contributed by atoms with Crippen LogP contribution in [0.3, 0.4) is 0 Å². The number of ether oxygens (including phenoxy) is 1. The van der Waals surface area contributed by atoms with Crippen LogP contribution in [0, 0.1) is 0 Å². The van der Waals surface area contributed by atoms with E-state index in [1.165, 1.54) is 0 Å². The number of aryl methyl sites for hydroxylation is 1. The number of nitrogens with zero attached hydrogens (tertiary/aromatic N) is 1. The average Bonchev–Trinajstić information content (AvgIpc) is 2.56. The number of anilines is 1. The van der Waals surface area contributed by atoms with E-state index in [2.05, 4.69) is 15.9 Å². The molecule has 22 heavy (non-hydrogen) atoms. The number of halogens is 2. The second-order valence-corrected chi connectivity index (χ2v) is 6.36. The number of rotatable bonds is 2. The molecular formula is C17H15BrClNO2. The van der Waals surface area contributed by atoms with Gasteiger partial charge in [-0.1, -0.05) is 48.0 Å². The second kappa shape index (κ2) is 6.71. The molecule has 3 rings (SSSR count). The van der Waals surface area contributed by atoms with Crippen LogP contribution in [0.2, 0.25) is 5.02 Å². The van der Waals surface area contributed by atoms with Crippen LogP contribution in [0.25, 0.3) is 0 Å². The van der Waals surface area contributed by atoms with E-state index in [0.29, 0.717) is 11.6 Å². The third kappa shape index (κ3) is 3.13. The Morgan fingerprint density at radius 1 is 1.23 bits per heavy atom. The summed E-state index contributed by atoms with van der Waals surface area (Å²) in [5.74, 6) is 0. The Morgan fingerprint density at radius 3 is 2.77 bits per heavy atom. The third-order valence-electron chi connectivity index (χ3n) is 3.68. The SMILES string of the molecule is O=C(OCc1ccccc1)N1CCCc2ccc(Cl)c(Br)c21. The standard InChI is InChI=1S/C17H15BrClNO2/c18-15-14(19)9-8-13-7-4-10-20(16(13)15)17(21)22-11-12-5-2-1-3-6-12/h1-3,5-6,8-9H,4,7,10-11H2. The molecule has 0 aliphatic carbocycles. The fourth-order valence-electron chi connectivity index (χ4n) is 2.59. The fraction of sp³-hybridized carbons (Fsp3) is 0.235. The molecule has 1 heterocycles. The van der Waals surface area contributed by atoms with E-state index in [4.69, 9.17) is 16.3 Å². The van der Waals surface area contributed by atoms with Crippen LogP contribution >= 0.6 is 27.5 Å². The van der Waals surface area contributed by atoms with Crippen LogP contribution in [-0.4, -0.2) is 12.6 Å². The first kappa shape index (κ1) is 15.4. The minimum atomic E-state index is -0.340. The number of benzene rings is 2. The van der Waals surface area contributed by atoms with Gasteiger partial charge in [0, 0.05) is 6.54 Å². The Labute approximate surface area is 143 Å². The van der Waals surface area contributed by atoms with Crippen LogP contribution < -0.4 is 4.90 Å². The lowest BCUT2D eigenvalue weighted by atomic mass is 10.0. The number of carbonyl (C=O) groups excluding carboxylic acids is 1. The molecule has 5 heteroatoms. The molecule has 0 saturated heterocycles. The van der Waals surface area contributed by atoms with E-state index in [-0.39, 0.29) is 12.7 Å². The van der Waals surface area contributed by atoms with Crippen LogP contribution in [0.5, 0.6) is 0 Å². The van der Waals surface area contributed by atoms with Gasteiger partial charge in [-0.15, -0.1) is 0 Å². The van der Waals surface area contributed by atoms with E-state index in [1.807, 2.05) is 42.5 Å². The van der Waals surface area contributed by atoms with Crippen molar-refractivity contribution in [2.24, 2.45) is 0 Å². The van der Waals surface area contributed by atoms with E-state index in [0.717, 1.165) is 34.1 Å². The molecule has 0 unspecified atom stereocenters. The predicted octanol–water partition coefficient (Wildman–Crippen LogP) is 5.19. The van der Waals surface area contributed by atoms with Crippen LogP contribution in [-0.2, 0) is 17.8 Å². The van der Waals surface area contributed by atoms with E-state index in [1.54, 1.807) is 4.90 Å². The molecule has 1 aliphatic rings. The zero-order valence-electron chi connectivity index (χ0n) is 11.9. The maximum absolute atomic E-state index is 12.4. The number of hydrogen-bond donors (Lipinski definition) is 0. The maximum Gasteiger partial charge on any atom is 0.414 e. The molecule has 1 aliphatic heterocycles. The number of carbonyl (C=O) groups is 1. The largest absolute Gasteiger partial charge is 0.444 e. The van der Waals surface area contributed by atoms with Gasteiger partial charge in [0.25, 0.3) is 0 Å². The first-order valence-corrected chi connectivity index (χ1v) is 8.29. The molecule has 0 saturated carbocycles. The van der Waals surface area contributed by atoms with Crippen molar-refractivity contribution in [2.45, 2.75) is 19.4 Å². The molecule has 0 aromatic heterocycles. The minimum Gasteiger partial charge on any atom is -0.444 e. The Balaban J connectivity index is 1.79. The van der Waals surface area contributed by atoms with Gasteiger partial charge in [0.2, 0.25) is 0 Å².